The molecular weight excluding hydrogens is 409 g/mol. The van der Waals surface area contributed by atoms with Crippen LogP contribution in [0.5, 0.6) is 5.75 Å². The van der Waals surface area contributed by atoms with Gasteiger partial charge in [0.25, 0.3) is 5.91 Å². The summed E-state index contributed by atoms with van der Waals surface area (Å²) in [4.78, 5) is 13.3. The Morgan fingerprint density at radius 3 is 2.70 bits per heavy atom. The first-order valence-corrected chi connectivity index (χ1v) is 9.24. The Morgan fingerprint density at radius 2 is 2.00 bits per heavy atom. The lowest BCUT2D eigenvalue weighted by Gasteiger charge is -2.11. The third kappa shape index (κ3) is 3.46. The van der Waals surface area contributed by atoms with Crippen LogP contribution in [0.25, 0.3) is 15.5 Å². The Morgan fingerprint density at radius 1 is 1.22 bits per heavy atom. The molecule has 0 aliphatic rings. The number of carbonyl (C=O) groups is 1. The third-order valence-corrected chi connectivity index (χ3v) is 5.19. The van der Waals surface area contributed by atoms with Crippen LogP contribution >= 0.6 is 34.5 Å². The van der Waals surface area contributed by atoms with Crippen LogP contribution in [0.1, 0.15) is 10.4 Å². The van der Waals surface area contributed by atoms with Gasteiger partial charge in [-0.3, -0.25) is 4.79 Å². The first-order chi connectivity index (χ1) is 13.0. The molecule has 2 aromatic heterocycles. The number of benzene rings is 2. The van der Waals surface area contributed by atoms with Crippen LogP contribution in [0.15, 0.2) is 42.7 Å². The fraction of sp³-hybridized carbons (Fsp3) is 0.0588. The number of rotatable bonds is 4. The summed E-state index contributed by atoms with van der Waals surface area (Å²) in [6.45, 7) is 0. The second-order valence-corrected chi connectivity index (χ2v) is 7.26. The predicted octanol–water partition coefficient (Wildman–Crippen LogP) is 4.42. The van der Waals surface area contributed by atoms with Crippen molar-refractivity contribution in [2.75, 3.05) is 12.4 Å². The summed E-state index contributed by atoms with van der Waals surface area (Å²) in [5.74, 6) is -0.0993. The van der Waals surface area contributed by atoms with Crippen molar-refractivity contribution >= 4 is 51.1 Å². The van der Waals surface area contributed by atoms with Gasteiger partial charge in [-0.1, -0.05) is 34.5 Å². The summed E-state index contributed by atoms with van der Waals surface area (Å²) in [6, 6.07) is 10.3. The standard InChI is InChI=1S/C17H11Cl2N5O2S/c1-26-14-12(6-10(18)7-13(14)19)15(25)21-11-4-2-9(3-5-11)16-23-24-8-20-22-17(24)27-16/h2-8H,1H3,(H,21,25). The van der Waals surface area contributed by atoms with Gasteiger partial charge < -0.3 is 10.1 Å². The van der Waals surface area contributed by atoms with Gasteiger partial charge in [0.05, 0.1) is 17.7 Å². The number of anilines is 1. The molecule has 10 heteroatoms. The number of methoxy groups -OCH3 is 1. The van der Waals surface area contributed by atoms with Crippen molar-refractivity contribution in [2.24, 2.45) is 0 Å². The van der Waals surface area contributed by atoms with Crippen molar-refractivity contribution in [1.29, 1.82) is 0 Å². The Kier molecular flexibility index (Phi) is 4.69. The van der Waals surface area contributed by atoms with E-state index in [1.165, 1.54) is 30.6 Å². The van der Waals surface area contributed by atoms with Gasteiger partial charge >= 0.3 is 0 Å². The lowest BCUT2D eigenvalue weighted by molar-refractivity contribution is 0.102. The Bertz CT molecular complexity index is 1110. The maximum Gasteiger partial charge on any atom is 0.259 e. The molecule has 0 aliphatic heterocycles. The average molecular weight is 420 g/mol. The van der Waals surface area contributed by atoms with Crippen LogP contribution in [0, 0.1) is 0 Å². The van der Waals surface area contributed by atoms with Crippen LogP contribution in [0.3, 0.4) is 0 Å². The van der Waals surface area contributed by atoms with Crippen molar-refractivity contribution in [3.63, 3.8) is 0 Å². The summed E-state index contributed by atoms with van der Waals surface area (Å²) < 4.78 is 6.83. The molecule has 2 heterocycles. The smallest absolute Gasteiger partial charge is 0.259 e. The van der Waals surface area contributed by atoms with E-state index in [9.17, 15) is 4.79 Å². The maximum absolute atomic E-state index is 12.6. The normalized spacial score (nSPS) is 10.9. The Hall–Kier alpha value is -2.68. The number of nitrogens with one attached hydrogen (secondary N) is 1. The molecule has 0 fully saturated rings. The molecule has 1 N–H and O–H groups in total. The van der Waals surface area contributed by atoms with Crippen LogP contribution in [-0.4, -0.2) is 32.8 Å². The van der Waals surface area contributed by atoms with E-state index >= 15 is 0 Å². The number of hydrogen-bond donors (Lipinski definition) is 1. The van der Waals surface area contributed by atoms with E-state index < -0.39 is 0 Å². The average Bonchev–Trinajstić information content (AvgIpc) is 3.23. The molecule has 1 amide bonds. The molecule has 0 saturated heterocycles. The number of nitrogens with zero attached hydrogens (tertiary/aromatic N) is 4. The number of amides is 1. The molecule has 0 aliphatic carbocycles. The highest BCUT2D eigenvalue weighted by Crippen LogP contribution is 2.33. The van der Waals surface area contributed by atoms with Gasteiger partial charge in [-0.25, -0.2) is 0 Å². The highest BCUT2D eigenvalue weighted by molar-refractivity contribution is 7.19. The Balaban J connectivity index is 1.56. The number of hydrogen-bond acceptors (Lipinski definition) is 6. The topological polar surface area (TPSA) is 81.4 Å². The van der Waals surface area contributed by atoms with E-state index in [0.29, 0.717) is 15.7 Å². The van der Waals surface area contributed by atoms with Crippen molar-refractivity contribution in [2.45, 2.75) is 0 Å². The van der Waals surface area contributed by atoms with Gasteiger partial charge in [-0.2, -0.15) is 9.61 Å². The molecule has 0 saturated carbocycles. The zero-order valence-corrected chi connectivity index (χ0v) is 16.1. The SMILES string of the molecule is COc1c(Cl)cc(Cl)cc1C(=O)Nc1ccc(-c2nn3cnnc3s2)cc1. The van der Waals surface area contributed by atoms with Crippen molar-refractivity contribution < 1.29 is 9.53 Å². The number of carbonyl (C=O) groups excluding carboxylic acids is 1. The van der Waals surface area contributed by atoms with E-state index in [2.05, 4.69) is 20.6 Å². The van der Waals surface area contributed by atoms with Crippen molar-refractivity contribution in [3.8, 4) is 16.3 Å². The molecule has 136 valence electrons. The molecule has 0 spiro atoms. The largest absolute Gasteiger partial charge is 0.494 e. The fourth-order valence-electron chi connectivity index (χ4n) is 2.51. The minimum absolute atomic E-state index is 0.257. The molecular formula is C17H11Cl2N5O2S. The molecule has 4 aromatic rings. The van der Waals surface area contributed by atoms with Crippen LogP contribution in [-0.2, 0) is 0 Å². The first kappa shape index (κ1) is 17.7. The minimum atomic E-state index is -0.372. The number of ether oxygens (including phenoxy) is 1. The highest BCUT2D eigenvalue weighted by atomic mass is 35.5. The second kappa shape index (κ2) is 7.15. The van der Waals surface area contributed by atoms with Crippen LogP contribution < -0.4 is 10.1 Å². The number of fused-ring (bicyclic) bond motifs is 1. The van der Waals surface area contributed by atoms with Gasteiger partial charge in [0, 0.05) is 16.3 Å². The van der Waals surface area contributed by atoms with E-state index in [4.69, 9.17) is 27.9 Å². The molecule has 7 nitrogen and oxygen atoms in total. The summed E-state index contributed by atoms with van der Waals surface area (Å²) >= 11 is 13.5. The van der Waals surface area contributed by atoms with Gasteiger partial charge in [-0.05, 0) is 36.4 Å². The maximum atomic E-state index is 12.6. The third-order valence-electron chi connectivity index (χ3n) is 3.73. The van der Waals surface area contributed by atoms with Crippen LogP contribution in [0.4, 0.5) is 5.69 Å². The van der Waals surface area contributed by atoms with E-state index in [1.807, 2.05) is 12.1 Å². The molecule has 0 unspecified atom stereocenters. The molecule has 27 heavy (non-hydrogen) atoms. The minimum Gasteiger partial charge on any atom is -0.494 e. The first-order valence-electron chi connectivity index (χ1n) is 7.67. The highest BCUT2D eigenvalue weighted by Gasteiger charge is 2.17. The molecule has 2 aromatic carbocycles. The molecule has 0 atom stereocenters. The summed E-state index contributed by atoms with van der Waals surface area (Å²) in [6.07, 6.45) is 1.55. The summed E-state index contributed by atoms with van der Waals surface area (Å²) in [5.41, 5.74) is 1.78. The van der Waals surface area contributed by atoms with Gasteiger partial charge in [0.15, 0.2) is 0 Å². The fourth-order valence-corrected chi connectivity index (χ4v) is 3.90. The number of halogens is 2. The van der Waals surface area contributed by atoms with E-state index in [-0.39, 0.29) is 22.2 Å². The molecule has 0 bridgehead atoms. The summed E-state index contributed by atoms with van der Waals surface area (Å²) in [7, 11) is 1.45. The second-order valence-electron chi connectivity index (χ2n) is 5.47. The van der Waals surface area contributed by atoms with E-state index in [0.717, 1.165) is 10.6 Å². The monoisotopic (exact) mass is 419 g/mol. The van der Waals surface area contributed by atoms with Crippen LogP contribution in [0.2, 0.25) is 10.0 Å². The van der Waals surface area contributed by atoms with Gasteiger partial charge in [0.1, 0.15) is 17.1 Å². The summed E-state index contributed by atoms with van der Waals surface area (Å²) in [5, 5.41) is 16.4. The van der Waals surface area contributed by atoms with Crippen molar-refractivity contribution in [1.82, 2.24) is 19.8 Å². The van der Waals surface area contributed by atoms with Gasteiger partial charge in [0.2, 0.25) is 4.96 Å². The lowest BCUT2D eigenvalue weighted by atomic mass is 10.1. The quantitative estimate of drug-likeness (QED) is 0.529. The lowest BCUT2D eigenvalue weighted by Crippen LogP contribution is -2.13. The Labute approximate surface area is 167 Å². The zero-order valence-electron chi connectivity index (χ0n) is 13.8. The zero-order chi connectivity index (χ0) is 19.0. The molecule has 0 radical (unpaired) electrons. The molecule has 4 rings (SSSR count). The van der Waals surface area contributed by atoms with Crippen molar-refractivity contribution in [3.05, 3.63) is 58.3 Å². The van der Waals surface area contributed by atoms with Gasteiger partial charge in [-0.15, -0.1) is 10.2 Å². The predicted molar refractivity (Wildman–Crippen MR) is 105 cm³/mol. The van der Waals surface area contributed by atoms with E-state index in [1.54, 1.807) is 23.0 Å². The number of aromatic nitrogens is 4.